The van der Waals surface area contributed by atoms with Crippen molar-refractivity contribution in [3.63, 3.8) is 0 Å². The molecule has 0 bridgehead atoms. The number of nitrogens with one attached hydrogen (secondary N) is 2. The second-order valence-electron chi connectivity index (χ2n) is 2.50. The molecular weight excluding hydrogens is 162 g/mol. The zero-order valence-corrected chi connectivity index (χ0v) is 6.37. The van der Waals surface area contributed by atoms with Crippen LogP contribution in [0.1, 0.15) is 11.9 Å². The van der Waals surface area contributed by atoms with Crippen molar-refractivity contribution in [1.82, 2.24) is 15.2 Å². The summed E-state index contributed by atoms with van der Waals surface area (Å²) in [5.74, 6) is 0.500. The van der Waals surface area contributed by atoms with Gasteiger partial charge in [-0.25, -0.2) is 9.89 Å². The Balaban J connectivity index is 2.13. The average molecular weight is 171 g/mol. The molecule has 2 N–H and O–H groups in total. The molecule has 1 saturated heterocycles. The van der Waals surface area contributed by atoms with Gasteiger partial charge < -0.3 is 9.47 Å². The molecule has 1 aliphatic rings. The van der Waals surface area contributed by atoms with Crippen molar-refractivity contribution < 1.29 is 9.47 Å². The molecule has 66 valence electrons. The highest BCUT2D eigenvalue weighted by atomic mass is 16.6. The molecular formula is C6H9N3O3. The molecule has 1 aliphatic heterocycles. The molecule has 1 fully saturated rings. The van der Waals surface area contributed by atoms with Crippen molar-refractivity contribution in [2.24, 2.45) is 0 Å². The standard InChI is InChI=1S/C6H9N3O3/c10-6-7-5(8-9-6)4-3-11-1-2-12-4/h4H,1-3H2,(H2,7,8,9,10). The monoisotopic (exact) mass is 171 g/mol. The van der Waals surface area contributed by atoms with Gasteiger partial charge >= 0.3 is 5.69 Å². The number of hydrogen-bond acceptors (Lipinski definition) is 4. The summed E-state index contributed by atoms with van der Waals surface area (Å²) in [6.07, 6.45) is -0.238. The highest BCUT2D eigenvalue weighted by molar-refractivity contribution is 4.88. The van der Waals surface area contributed by atoms with Crippen molar-refractivity contribution in [1.29, 1.82) is 0 Å². The molecule has 2 rings (SSSR count). The van der Waals surface area contributed by atoms with Gasteiger partial charge in [-0.05, 0) is 0 Å². The number of aromatic nitrogens is 3. The number of rotatable bonds is 1. The normalized spacial score (nSPS) is 24.2. The number of ether oxygens (including phenoxy) is 2. The van der Waals surface area contributed by atoms with E-state index in [0.717, 1.165) is 0 Å². The average Bonchev–Trinajstić information content (AvgIpc) is 2.54. The number of aromatic amines is 2. The van der Waals surface area contributed by atoms with Gasteiger partial charge in [0, 0.05) is 0 Å². The third kappa shape index (κ3) is 1.39. The maximum absolute atomic E-state index is 10.7. The van der Waals surface area contributed by atoms with Gasteiger partial charge in [0.15, 0.2) is 5.82 Å². The van der Waals surface area contributed by atoms with E-state index < -0.39 is 0 Å². The first-order chi connectivity index (χ1) is 5.86. The summed E-state index contributed by atoms with van der Waals surface area (Å²) in [5.41, 5.74) is -0.320. The van der Waals surface area contributed by atoms with E-state index in [1.54, 1.807) is 0 Å². The van der Waals surface area contributed by atoms with Crippen LogP contribution >= 0.6 is 0 Å². The molecule has 1 unspecified atom stereocenters. The van der Waals surface area contributed by atoms with E-state index in [1.165, 1.54) is 0 Å². The van der Waals surface area contributed by atoms with E-state index in [4.69, 9.17) is 9.47 Å². The lowest BCUT2D eigenvalue weighted by Crippen LogP contribution is -2.23. The first kappa shape index (κ1) is 7.51. The molecule has 0 aromatic carbocycles. The van der Waals surface area contributed by atoms with Gasteiger partial charge in [0.05, 0.1) is 19.8 Å². The maximum atomic E-state index is 10.7. The Bertz CT molecular complexity index is 299. The van der Waals surface area contributed by atoms with Crippen LogP contribution in [0.15, 0.2) is 4.79 Å². The Morgan fingerprint density at radius 3 is 3.00 bits per heavy atom. The van der Waals surface area contributed by atoms with Crippen LogP contribution in [0.2, 0.25) is 0 Å². The van der Waals surface area contributed by atoms with Gasteiger partial charge in [-0.2, -0.15) is 5.10 Å². The van der Waals surface area contributed by atoms with Crippen molar-refractivity contribution in [3.8, 4) is 0 Å². The van der Waals surface area contributed by atoms with E-state index in [1.807, 2.05) is 0 Å². The van der Waals surface area contributed by atoms with Gasteiger partial charge in [-0.15, -0.1) is 0 Å². The predicted octanol–water partition coefficient (Wildman–Crippen LogP) is -0.814. The van der Waals surface area contributed by atoms with Crippen molar-refractivity contribution in [3.05, 3.63) is 16.3 Å². The summed E-state index contributed by atoms with van der Waals surface area (Å²) in [5, 5.41) is 6.01. The molecule has 1 aromatic heterocycles. The zero-order chi connectivity index (χ0) is 8.39. The summed E-state index contributed by atoms with van der Waals surface area (Å²) in [7, 11) is 0. The van der Waals surface area contributed by atoms with Crippen LogP contribution < -0.4 is 5.69 Å². The Kier molecular flexibility index (Phi) is 1.92. The lowest BCUT2D eigenvalue weighted by Gasteiger charge is -2.20. The van der Waals surface area contributed by atoms with Gasteiger partial charge in [-0.1, -0.05) is 0 Å². The molecule has 0 radical (unpaired) electrons. The zero-order valence-electron chi connectivity index (χ0n) is 6.37. The molecule has 2 heterocycles. The quantitative estimate of drug-likeness (QED) is 0.579. The van der Waals surface area contributed by atoms with Crippen LogP contribution in [0.5, 0.6) is 0 Å². The molecule has 0 aliphatic carbocycles. The molecule has 0 amide bonds. The van der Waals surface area contributed by atoms with Crippen molar-refractivity contribution in [2.75, 3.05) is 19.8 Å². The molecule has 6 nitrogen and oxygen atoms in total. The second kappa shape index (κ2) is 3.08. The van der Waals surface area contributed by atoms with Crippen LogP contribution in [0.25, 0.3) is 0 Å². The molecule has 0 saturated carbocycles. The van der Waals surface area contributed by atoms with Crippen LogP contribution in [0.3, 0.4) is 0 Å². The largest absolute Gasteiger partial charge is 0.376 e. The lowest BCUT2D eigenvalue weighted by molar-refractivity contribution is -0.0934. The van der Waals surface area contributed by atoms with Crippen LogP contribution in [0.4, 0.5) is 0 Å². The minimum atomic E-state index is -0.320. The van der Waals surface area contributed by atoms with E-state index in [0.29, 0.717) is 25.6 Å². The fourth-order valence-electron chi connectivity index (χ4n) is 1.08. The number of H-pyrrole nitrogens is 2. The maximum Gasteiger partial charge on any atom is 0.340 e. The van der Waals surface area contributed by atoms with Crippen LogP contribution in [-0.2, 0) is 9.47 Å². The molecule has 1 aromatic rings. The third-order valence-corrected chi connectivity index (χ3v) is 1.64. The number of nitrogens with zero attached hydrogens (tertiary/aromatic N) is 1. The predicted molar refractivity (Wildman–Crippen MR) is 38.7 cm³/mol. The number of hydrogen-bond donors (Lipinski definition) is 2. The van der Waals surface area contributed by atoms with Crippen molar-refractivity contribution >= 4 is 0 Å². The molecule has 12 heavy (non-hydrogen) atoms. The van der Waals surface area contributed by atoms with Gasteiger partial charge in [0.2, 0.25) is 0 Å². The highest BCUT2D eigenvalue weighted by Crippen LogP contribution is 2.14. The van der Waals surface area contributed by atoms with Gasteiger partial charge in [-0.3, -0.25) is 4.98 Å². The molecule has 1 atom stereocenters. The summed E-state index contributed by atoms with van der Waals surface area (Å²) in [4.78, 5) is 13.2. The summed E-state index contributed by atoms with van der Waals surface area (Å²) in [6.45, 7) is 1.59. The first-order valence-corrected chi connectivity index (χ1v) is 3.70. The summed E-state index contributed by atoms with van der Waals surface area (Å²) >= 11 is 0. The topological polar surface area (TPSA) is 80.0 Å². The highest BCUT2D eigenvalue weighted by Gasteiger charge is 2.19. The van der Waals surface area contributed by atoms with Crippen LogP contribution in [-0.4, -0.2) is 35.0 Å². The van der Waals surface area contributed by atoms with E-state index in [9.17, 15) is 4.79 Å². The Morgan fingerprint density at radius 1 is 1.50 bits per heavy atom. The molecule has 6 heteroatoms. The fourth-order valence-corrected chi connectivity index (χ4v) is 1.08. The Labute approximate surface area is 67.9 Å². The smallest absolute Gasteiger partial charge is 0.340 e. The second-order valence-corrected chi connectivity index (χ2v) is 2.50. The Morgan fingerprint density at radius 2 is 2.42 bits per heavy atom. The minimum Gasteiger partial charge on any atom is -0.376 e. The SMILES string of the molecule is O=c1[nH]nc(C2COCCO2)[nH]1. The summed E-state index contributed by atoms with van der Waals surface area (Å²) in [6, 6.07) is 0. The lowest BCUT2D eigenvalue weighted by atomic mass is 10.3. The summed E-state index contributed by atoms with van der Waals surface area (Å²) < 4.78 is 10.4. The van der Waals surface area contributed by atoms with Gasteiger partial charge in [0.25, 0.3) is 0 Å². The Hall–Kier alpha value is -1.14. The third-order valence-electron chi connectivity index (χ3n) is 1.64. The van der Waals surface area contributed by atoms with E-state index in [2.05, 4.69) is 15.2 Å². The van der Waals surface area contributed by atoms with E-state index >= 15 is 0 Å². The fraction of sp³-hybridized carbons (Fsp3) is 0.667. The van der Waals surface area contributed by atoms with Gasteiger partial charge in [0.1, 0.15) is 6.10 Å². The molecule has 0 spiro atoms. The van der Waals surface area contributed by atoms with Crippen LogP contribution in [0, 0.1) is 0 Å². The van der Waals surface area contributed by atoms with E-state index in [-0.39, 0.29) is 11.8 Å². The minimum absolute atomic E-state index is 0.238. The van der Waals surface area contributed by atoms with Crippen molar-refractivity contribution in [2.45, 2.75) is 6.10 Å². The first-order valence-electron chi connectivity index (χ1n) is 3.70.